The van der Waals surface area contributed by atoms with Crippen molar-refractivity contribution in [1.29, 1.82) is 0 Å². The van der Waals surface area contributed by atoms with Gasteiger partial charge in [0, 0.05) is 14.5 Å². The molecule has 0 aliphatic carbocycles. The number of carbonyl (C=O) groups is 1. The summed E-state index contributed by atoms with van der Waals surface area (Å²) in [6.45, 7) is 4.42. The number of rotatable bonds is 4. The molecule has 0 saturated heterocycles. The lowest BCUT2D eigenvalue weighted by atomic mass is 10.0. The second-order valence-electron chi connectivity index (χ2n) is 4.34. The van der Waals surface area contributed by atoms with E-state index < -0.39 is 0 Å². The smallest absolute Gasteiger partial charge is 0.197 e. The zero-order valence-electron chi connectivity index (χ0n) is 11.2. The molecule has 0 bridgehead atoms. The van der Waals surface area contributed by atoms with E-state index in [1.54, 1.807) is 6.07 Å². The minimum Gasteiger partial charge on any atom is -0.493 e. The van der Waals surface area contributed by atoms with Gasteiger partial charge in [-0.3, -0.25) is 4.79 Å². The van der Waals surface area contributed by atoms with Crippen molar-refractivity contribution < 1.29 is 9.53 Å². The fourth-order valence-electron chi connectivity index (χ4n) is 1.90. The topological polar surface area (TPSA) is 26.3 Å². The van der Waals surface area contributed by atoms with Gasteiger partial charge in [-0.1, -0.05) is 44.0 Å². The number of hydrogen-bond donors (Lipinski definition) is 0. The van der Waals surface area contributed by atoms with E-state index in [0.717, 1.165) is 14.5 Å². The van der Waals surface area contributed by atoms with Gasteiger partial charge in [0.05, 0.1) is 12.2 Å². The molecule has 4 heteroatoms. The number of ether oxygens (including phenoxy) is 1. The molecule has 0 aliphatic heterocycles. The van der Waals surface area contributed by atoms with Gasteiger partial charge in [0.2, 0.25) is 0 Å². The third-order valence-electron chi connectivity index (χ3n) is 2.92. The third-order valence-corrected chi connectivity index (χ3v) is 4.43. The van der Waals surface area contributed by atoms with Crippen molar-refractivity contribution in [1.82, 2.24) is 0 Å². The molecule has 20 heavy (non-hydrogen) atoms. The highest BCUT2D eigenvalue weighted by atomic mass is 79.9. The van der Waals surface area contributed by atoms with Crippen LogP contribution in [0.1, 0.15) is 28.4 Å². The van der Waals surface area contributed by atoms with Crippen LogP contribution in [0.15, 0.2) is 45.3 Å². The second-order valence-corrected chi connectivity index (χ2v) is 6.05. The Morgan fingerprint density at radius 1 is 1.10 bits per heavy atom. The highest BCUT2D eigenvalue weighted by molar-refractivity contribution is 9.11. The third kappa shape index (κ3) is 3.13. The fraction of sp³-hybridized carbons (Fsp3) is 0.188. The van der Waals surface area contributed by atoms with Crippen molar-refractivity contribution >= 4 is 37.6 Å². The van der Waals surface area contributed by atoms with E-state index in [0.29, 0.717) is 23.5 Å². The summed E-state index contributed by atoms with van der Waals surface area (Å²) in [4.78, 5) is 12.7. The van der Waals surface area contributed by atoms with Gasteiger partial charge in [0.25, 0.3) is 0 Å². The van der Waals surface area contributed by atoms with Crippen molar-refractivity contribution in [2.75, 3.05) is 6.61 Å². The molecular weight excluding hydrogens is 384 g/mol. The van der Waals surface area contributed by atoms with E-state index in [1.807, 2.05) is 44.2 Å². The van der Waals surface area contributed by atoms with Gasteiger partial charge in [-0.05, 0) is 43.7 Å². The summed E-state index contributed by atoms with van der Waals surface area (Å²) in [5.41, 5.74) is 2.27. The maximum absolute atomic E-state index is 12.7. The molecule has 0 N–H and O–H groups in total. The average Bonchev–Trinajstić information content (AvgIpc) is 2.43. The first-order chi connectivity index (χ1) is 9.54. The summed E-state index contributed by atoms with van der Waals surface area (Å²) in [5.74, 6) is 0.560. The Morgan fingerprint density at radius 3 is 2.50 bits per heavy atom. The van der Waals surface area contributed by atoms with Gasteiger partial charge in [0.15, 0.2) is 5.78 Å². The molecule has 0 spiro atoms. The fourth-order valence-corrected chi connectivity index (χ4v) is 2.88. The lowest BCUT2D eigenvalue weighted by Gasteiger charge is -2.11. The van der Waals surface area contributed by atoms with Gasteiger partial charge in [0.1, 0.15) is 5.75 Å². The first kappa shape index (κ1) is 15.3. The molecule has 0 radical (unpaired) electrons. The van der Waals surface area contributed by atoms with Crippen molar-refractivity contribution in [3.63, 3.8) is 0 Å². The SMILES string of the molecule is CCOc1ccccc1C(=O)c1cc(Br)c(C)cc1Br. The van der Waals surface area contributed by atoms with Gasteiger partial charge >= 0.3 is 0 Å². The molecule has 0 fully saturated rings. The number of aryl methyl sites for hydroxylation is 1. The van der Waals surface area contributed by atoms with Crippen LogP contribution in [0.5, 0.6) is 5.75 Å². The van der Waals surface area contributed by atoms with Crippen LogP contribution in [0.3, 0.4) is 0 Å². The molecule has 0 atom stereocenters. The summed E-state index contributed by atoms with van der Waals surface area (Å²) >= 11 is 6.93. The van der Waals surface area contributed by atoms with Crippen molar-refractivity contribution in [2.45, 2.75) is 13.8 Å². The average molecular weight is 398 g/mol. The summed E-state index contributed by atoms with van der Waals surface area (Å²) < 4.78 is 7.23. The van der Waals surface area contributed by atoms with Gasteiger partial charge in [-0.15, -0.1) is 0 Å². The summed E-state index contributed by atoms with van der Waals surface area (Å²) in [7, 11) is 0. The number of hydrogen-bond acceptors (Lipinski definition) is 2. The minimum atomic E-state index is -0.0541. The monoisotopic (exact) mass is 396 g/mol. The maximum Gasteiger partial charge on any atom is 0.197 e. The summed E-state index contributed by atoms with van der Waals surface area (Å²) in [6.07, 6.45) is 0. The van der Waals surface area contributed by atoms with Crippen LogP contribution in [-0.2, 0) is 0 Å². The first-order valence-corrected chi connectivity index (χ1v) is 7.85. The van der Waals surface area contributed by atoms with E-state index in [1.165, 1.54) is 0 Å². The van der Waals surface area contributed by atoms with Crippen molar-refractivity contribution in [3.05, 3.63) is 62.0 Å². The molecule has 0 aromatic heterocycles. The zero-order valence-corrected chi connectivity index (χ0v) is 14.4. The summed E-state index contributed by atoms with van der Waals surface area (Å²) in [6, 6.07) is 11.1. The standard InChI is InChI=1S/C16H14Br2O2/c1-3-20-15-7-5-4-6-11(15)16(19)12-9-13(17)10(2)8-14(12)18/h4-9H,3H2,1-2H3. The van der Waals surface area contributed by atoms with E-state index in [9.17, 15) is 4.79 Å². The van der Waals surface area contributed by atoms with Crippen LogP contribution in [0.25, 0.3) is 0 Å². The molecule has 0 aliphatic rings. The molecule has 0 amide bonds. The highest BCUT2D eigenvalue weighted by Crippen LogP contribution is 2.29. The molecule has 2 nitrogen and oxygen atoms in total. The number of ketones is 1. The quantitative estimate of drug-likeness (QED) is 0.667. The molecule has 0 saturated carbocycles. The molecule has 104 valence electrons. The Balaban J connectivity index is 2.49. The Bertz CT molecular complexity index is 651. The van der Waals surface area contributed by atoms with Crippen LogP contribution in [0.2, 0.25) is 0 Å². The predicted molar refractivity (Wildman–Crippen MR) is 87.6 cm³/mol. The van der Waals surface area contributed by atoms with Crippen molar-refractivity contribution in [2.24, 2.45) is 0 Å². The van der Waals surface area contributed by atoms with E-state index in [2.05, 4.69) is 31.9 Å². The van der Waals surface area contributed by atoms with Gasteiger partial charge in [-0.25, -0.2) is 0 Å². The van der Waals surface area contributed by atoms with E-state index >= 15 is 0 Å². The maximum atomic E-state index is 12.7. The van der Waals surface area contributed by atoms with E-state index in [4.69, 9.17) is 4.74 Å². The number of benzene rings is 2. The predicted octanol–water partition coefficient (Wildman–Crippen LogP) is 5.15. The molecule has 0 unspecified atom stereocenters. The lowest BCUT2D eigenvalue weighted by molar-refractivity contribution is 0.103. The normalized spacial score (nSPS) is 10.4. The van der Waals surface area contributed by atoms with Crippen LogP contribution in [-0.4, -0.2) is 12.4 Å². The molecule has 2 aromatic rings. The Morgan fingerprint density at radius 2 is 1.80 bits per heavy atom. The first-order valence-electron chi connectivity index (χ1n) is 6.26. The molecule has 0 heterocycles. The molecule has 2 rings (SSSR count). The van der Waals surface area contributed by atoms with Gasteiger partial charge in [-0.2, -0.15) is 0 Å². The van der Waals surface area contributed by atoms with Crippen LogP contribution >= 0.6 is 31.9 Å². The Hall–Kier alpha value is -1.13. The van der Waals surface area contributed by atoms with Crippen LogP contribution in [0.4, 0.5) is 0 Å². The van der Waals surface area contributed by atoms with Gasteiger partial charge < -0.3 is 4.74 Å². The second kappa shape index (κ2) is 6.55. The largest absolute Gasteiger partial charge is 0.493 e. The number of carbonyl (C=O) groups excluding carboxylic acids is 1. The van der Waals surface area contributed by atoms with Crippen molar-refractivity contribution in [3.8, 4) is 5.75 Å². The minimum absolute atomic E-state index is 0.0541. The molecular formula is C16H14Br2O2. The highest BCUT2D eigenvalue weighted by Gasteiger charge is 2.17. The number of halogens is 2. The molecule has 2 aromatic carbocycles. The lowest BCUT2D eigenvalue weighted by Crippen LogP contribution is -2.06. The summed E-state index contributed by atoms with van der Waals surface area (Å²) in [5, 5.41) is 0. The van der Waals surface area contributed by atoms with E-state index in [-0.39, 0.29) is 5.78 Å². The zero-order chi connectivity index (χ0) is 14.7. The number of para-hydroxylation sites is 1. The van der Waals surface area contributed by atoms with Crippen LogP contribution < -0.4 is 4.74 Å². The Labute approximate surface area is 135 Å². The van der Waals surface area contributed by atoms with Crippen LogP contribution in [0, 0.1) is 6.92 Å². The Kier molecular flexibility index (Phi) is 5.00.